The van der Waals surface area contributed by atoms with E-state index in [2.05, 4.69) is 15.9 Å². The quantitative estimate of drug-likeness (QED) is 0.844. The van der Waals surface area contributed by atoms with E-state index in [1.54, 1.807) is 0 Å². The first-order chi connectivity index (χ1) is 9.08. The smallest absolute Gasteiger partial charge is 0.253 e. The van der Waals surface area contributed by atoms with E-state index >= 15 is 0 Å². The molecule has 1 aliphatic rings. The molecule has 0 spiro atoms. The van der Waals surface area contributed by atoms with Gasteiger partial charge in [-0.25, -0.2) is 0 Å². The summed E-state index contributed by atoms with van der Waals surface area (Å²) >= 11 is 3.47. The van der Waals surface area contributed by atoms with E-state index in [1.807, 2.05) is 36.9 Å². The molecular weight excluding hydrogens is 306 g/mol. The van der Waals surface area contributed by atoms with Gasteiger partial charge in [-0.05, 0) is 67.2 Å². The normalized spacial score (nSPS) is 15.7. The van der Waals surface area contributed by atoms with E-state index in [0.29, 0.717) is 0 Å². The van der Waals surface area contributed by atoms with Gasteiger partial charge in [0.05, 0.1) is 10.6 Å². The van der Waals surface area contributed by atoms with Crippen molar-refractivity contribution in [3.05, 3.63) is 28.2 Å². The van der Waals surface area contributed by atoms with Crippen molar-refractivity contribution in [3.8, 4) is 5.75 Å². The van der Waals surface area contributed by atoms with E-state index in [0.717, 1.165) is 41.7 Å². The van der Waals surface area contributed by atoms with E-state index in [4.69, 9.17) is 4.74 Å². The lowest BCUT2D eigenvalue weighted by molar-refractivity contribution is 0.0724. The topological polar surface area (TPSA) is 29.5 Å². The van der Waals surface area contributed by atoms with Crippen molar-refractivity contribution in [2.24, 2.45) is 0 Å². The molecule has 1 heterocycles. The second kappa shape index (κ2) is 6.42. The van der Waals surface area contributed by atoms with Gasteiger partial charge in [-0.3, -0.25) is 4.79 Å². The molecule has 1 aliphatic heterocycles. The molecule has 4 heteroatoms. The Bertz CT molecular complexity index is 453. The molecule has 1 aromatic rings. The first-order valence-corrected chi connectivity index (χ1v) is 7.62. The fourth-order valence-corrected chi connectivity index (χ4v) is 2.74. The van der Waals surface area contributed by atoms with Crippen LogP contribution in [-0.2, 0) is 0 Å². The average molecular weight is 326 g/mol. The highest BCUT2D eigenvalue weighted by molar-refractivity contribution is 9.10. The first-order valence-electron chi connectivity index (χ1n) is 6.83. The molecule has 0 saturated carbocycles. The van der Waals surface area contributed by atoms with Crippen molar-refractivity contribution in [1.82, 2.24) is 4.90 Å². The van der Waals surface area contributed by atoms with Crippen LogP contribution in [0.3, 0.4) is 0 Å². The van der Waals surface area contributed by atoms with Crippen molar-refractivity contribution in [3.63, 3.8) is 0 Å². The molecule has 2 rings (SSSR count). The van der Waals surface area contributed by atoms with Crippen LogP contribution >= 0.6 is 15.9 Å². The Hall–Kier alpha value is -1.03. The van der Waals surface area contributed by atoms with Gasteiger partial charge in [0, 0.05) is 18.7 Å². The Labute approximate surface area is 123 Å². The largest absolute Gasteiger partial charge is 0.490 e. The lowest BCUT2D eigenvalue weighted by Gasteiger charge is -2.27. The molecule has 0 atom stereocenters. The van der Waals surface area contributed by atoms with Crippen molar-refractivity contribution in [1.29, 1.82) is 0 Å². The number of rotatable bonds is 3. The number of carbonyl (C=O) groups is 1. The maximum atomic E-state index is 12.3. The number of carbonyl (C=O) groups excluding carboxylic acids is 1. The zero-order chi connectivity index (χ0) is 13.8. The summed E-state index contributed by atoms with van der Waals surface area (Å²) < 4.78 is 6.49. The number of hydrogen-bond donors (Lipinski definition) is 0. The van der Waals surface area contributed by atoms with Crippen molar-refractivity contribution >= 4 is 21.8 Å². The number of piperidine rings is 1. The van der Waals surface area contributed by atoms with Gasteiger partial charge in [-0.2, -0.15) is 0 Å². The lowest BCUT2D eigenvalue weighted by atomic mass is 10.1. The predicted molar refractivity (Wildman–Crippen MR) is 79.7 cm³/mol. The molecule has 1 amide bonds. The van der Waals surface area contributed by atoms with Crippen LogP contribution in [0.5, 0.6) is 5.75 Å². The number of likely N-dealkylation sites (tertiary alicyclic amines) is 1. The molecule has 0 aliphatic carbocycles. The Morgan fingerprint density at radius 3 is 2.53 bits per heavy atom. The Balaban J connectivity index is 2.12. The summed E-state index contributed by atoms with van der Waals surface area (Å²) in [4.78, 5) is 14.3. The van der Waals surface area contributed by atoms with Crippen LogP contribution in [0, 0.1) is 0 Å². The molecule has 0 aromatic heterocycles. The van der Waals surface area contributed by atoms with Crippen LogP contribution in [0.25, 0.3) is 0 Å². The summed E-state index contributed by atoms with van der Waals surface area (Å²) in [5, 5.41) is 0. The Morgan fingerprint density at radius 2 is 1.95 bits per heavy atom. The van der Waals surface area contributed by atoms with Crippen LogP contribution in [0.4, 0.5) is 0 Å². The average Bonchev–Trinajstić information content (AvgIpc) is 2.41. The number of amides is 1. The molecule has 0 bridgehead atoms. The highest BCUT2D eigenvalue weighted by Crippen LogP contribution is 2.27. The highest BCUT2D eigenvalue weighted by atomic mass is 79.9. The highest BCUT2D eigenvalue weighted by Gasteiger charge is 2.19. The number of benzene rings is 1. The summed E-state index contributed by atoms with van der Waals surface area (Å²) in [5.41, 5.74) is 0.727. The molecule has 1 aromatic carbocycles. The van der Waals surface area contributed by atoms with Gasteiger partial charge in [0.1, 0.15) is 5.75 Å². The van der Waals surface area contributed by atoms with Crippen molar-refractivity contribution in [2.75, 3.05) is 13.1 Å². The van der Waals surface area contributed by atoms with Crippen LogP contribution in [0.15, 0.2) is 22.7 Å². The summed E-state index contributed by atoms with van der Waals surface area (Å²) in [6, 6.07) is 5.56. The van der Waals surface area contributed by atoms with Gasteiger partial charge < -0.3 is 9.64 Å². The standard InChI is InChI=1S/C15H20BrNO2/c1-11(2)19-14-7-6-12(10-13(14)16)15(18)17-8-4-3-5-9-17/h6-7,10-11H,3-5,8-9H2,1-2H3. The predicted octanol–water partition coefficient (Wildman–Crippen LogP) is 3.86. The van der Waals surface area contributed by atoms with E-state index in [-0.39, 0.29) is 12.0 Å². The SMILES string of the molecule is CC(C)Oc1ccc(C(=O)N2CCCCC2)cc1Br. The van der Waals surface area contributed by atoms with Crippen molar-refractivity contribution in [2.45, 2.75) is 39.2 Å². The van der Waals surface area contributed by atoms with Crippen LogP contribution < -0.4 is 4.74 Å². The summed E-state index contributed by atoms with van der Waals surface area (Å²) in [5.74, 6) is 0.904. The summed E-state index contributed by atoms with van der Waals surface area (Å²) in [6.07, 6.45) is 3.58. The van der Waals surface area contributed by atoms with E-state index in [9.17, 15) is 4.79 Å². The third-order valence-electron chi connectivity index (χ3n) is 3.18. The first kappa shape index (κ1) is 14.4. The molecule has 0 unspecified atom stereocenters. The van der Waals surface area contributed by atoms with Gasteiger partial charge in [0.15, 0.2) is 0 Å². The van der Waals surface area contributed by atoms with E-state index < -0.39 is 0 Å². The van der Waals surface area contributed by atoms with Crippen LogP contribution in [0.1, 0.15) is 43.5 Å². The molecule has 104 valence electrons. The summed E-state index contributed by atoms with van der Waals surface area (Å²) in [6.45, 7) is 5.72. The number of hydrogen-bond acceptors (Lipinski definition) is 2. The van der Waals surface area contributed by atoms with Gasteiger partial charge in [0.2, 0.25) is 0 Å². The zero-order valence-corrected chi connectivity index (χ0v) is 13.1. The fourth-order valence-electron chi connectivity index (χ4n) is 2.26. The zero-order valence-electron chi connectivity index (χ0n) is 11.5. The maximum Gasteiger partial charge on any atom is 0.253 e. The lowest BCUT2D eigenvalue weighted by Crippen LogP contribution is -2.35. The molecule has 3 nitrogen and oxygen atoms in total. The third-order valence-corrected chi connectivity index (χ3v) is 3.80. The Morgan fingerprint density at radius 1 is 1.26 bits per heavy atom. The molecule has 0 radical (unpaired) electrons. The third kappa shape index (κ3) is 3.72. The monoisotopic (exact) mass is 325 g/mol. The second-order valence-corrected chi connectivity index (χ2v) is 6.02. The minimum absolute atomic E-state index is 0.122. The summed E-state index contributed by atoms with van der Waals surface area (Å²) in [7, 11) is 0. The second-order valence-electron chi connectivity index (χ2n) is 5.16. The molecule has 1 saturated heterocycles. The molecule has 1 fully saturated rings. The minimum atomic E-state index is 0.122. The number of ether oxygens (including phenoxy) is 1. The molecular formula is C15H20BrNO2. The number of halogens is 1. The number of nitrogens with zero attached hydrogens (tertiary/aromatic N) is 1. The van der Waals surface area contributed by atoms with Gasteiger partial charge >= 0.3 is 0 Å². The fraction of sp³-hybridized carbons (Fsp3) is 0.533. The van der Waals surface area contributed by atoms with Gasteiger partial charge in [-0.15, -0.1) is 0 Å². The van der Waals surface area contributed by atoms with Crippen LogP contribution in [-0.4, -0.2) is 30.0 Å². The van der Waals surface area contributed by atoms with Crippen LogP contribution in [0.2, 0.25) is 0 Å². The van der Waals surface area contributed by atoms with E-state index in [1.165, 1.54) is 6.42 Å². The molecule has 19 heavy (non-hydrogen) atoms. The maximum absolute atomic E-state index is 12.3. The van der Waals surface area contributed by atoms with Gasteiger partial charge in [0.25, 0.3) is 5.91 Å². The Kier molecular flexibility index (Phi) is 4.86. The van der Waals surface area contributed by atoms with Gasteiger partial charge in [-0.1, -0.05) is 0 Å². The van der Waals surface area contributed by atoms with Crippen molar-refractivity contribution < 1.29 is 9.53 Å². The molecule has 0 N–H and O–H groups in total. The minimum Gasteiger partial charge on any atom is -0.490 e.